The van der Waals surface area contributed by atoms with Crippen LogP contribution in [0.1, 0.15) is 11.3 Å². The van der Waals surface area contributed by atoms with Crippen LogP contribution in [0.2, 0.25) is 0 Å². The number of hydrogen-bond acceptors (Lipinski definition) is 2. The highest BCUT2D eigenvalue weighted by Crippen LogP contribution is 2.17. The van der Waals surface area contributed by atoms with Gasteiger partial charge in [-0.05, 0) is 23.8 Å². The van der Waals surface area contributed by atoms with Crippen LogP contribution in [0.15, 0.2) is 48.7 Å². The van der Waals surface area contributed by atoms with E-state index in [1.807, 2.05) is 30.3 Å². The number of anilines is 1. The van der Waals surface area contributed by atoms with Gasteiger partial charge in [0, 0.05) is 24.0 Å². The molecule has 17 heavy (non-hydrogen) atoms. The van der Waals surface area contributed by atoms with Crippen LogP contribution in [0.3, 0.4) is 0 Å². The van der Waals surface area contributed by atoms with Gasteiger partial charge in [0.25, 0.3) is 0 Å². The van der Waals surface area contributed by atoms with Crippen molar-refractivity contribution in [3.63, 3.8) is 0 Å². The first kappa shape index (κ1) is 11.1. The van der Waals surface area contributed by atoms with Crippen molar-refractivity contribution in [2.75, 3.05) is 5.32 Å². The number of benzene rings is 1. The van der Waals surface area contributed by atoms with Crippen molar-refractivity contribution in [1.29, 1.82) is 0 Å². The Bertz CT molecular complexity index is 512. The van der Waals surface area contributed by atoms with E-state index in [2.05, 4.69) is 10.3 Å². The second-order valence-corrected chi connectivity index (χ2v) is 3.59. The molecule has 1 heterocycles. The van der Waals surface area contributed by atoms with E-state index in [1.165, 1.54) is 0 Å². The molecule has 1 amide bonds. The minimum absolute atomic E-state index is 0.602. The minimum Gasteiger partial charge on any atom is -0.465 e. The van der Waals surface area contributed by atoms with Gasteiger partial charge in [-0.1, -0.05) is 24.3 Å². The molecule has 4 heteroatoms. The molecule has 0 aliphatic rings. The van der Waals surface area contributed by atoms with E-state index in [0.717, 1.165) is 11.3 Å². The highest BCUT2D eigenvalue weighted by Gasteiger charge is 2.05. The molecule has 0 saturated carbocycles. The topological polar surface area (TPSA) is 62.2 Å². The van der Waals surface area contributed by atoms with E-state index >= 15 is 0 Å². The van der Waals surface area contributed by atoms with E-state index in [1.54, 1.807) is 18.3 Å². The molecule has 2 rings (SSSR count). The van der Waals surface area contributed by atoms with Gasteiger partial charge in [0.05, 0.1) is 0 Å². The van der Waals surface area contributed by atoms with Crippen LogP contribution in [0.25, 0.3) is 0 Å². The maximum Gasteiger partial charge on any atom is 0.409 e. The zero-order valence-corrected chi connectivity index (χ0v) is 9.13. The van der Waals surface area contributed by atoms with E-state index in [9.17, 15) is 4.79 Å². The molecule has 4 nitrogen and oxygen atoms in total. The Kier molecular flexibility index (Phi) is 3.35. The summed E-state index contributed by atoms with van der Waals surface area (Å²) in [6.07, 6.45) is 1.28. The van der Waals surface area contributed by atoms with Gasteiger partial charge in [-0.3, -0.25) is 10.3 Å². The predicted molar refractivity (Wildman–Crippen MR) is 65.1 cm³/mol. The van der Waals surface area contributed by atoms with Crippen molar-refractivity contribution in [3.8, 4) is 0 Å². The Morgan fingerprint density at radius 1 is 1.18 bits per heavy atom. The maximum atomic E-state index is 10.6. The Hall–Kier alpha value is -2.36. The first-order chi connectivity index (χ1) is 8.25. The summed E-state index contributed by atoms with van der Waals surface area (Å²) in [6.45, 7) is 0. The van der Waals surface area contributed by atoms with E-state index < -0.39 is 6.09 Å². The molecule has 2 aromatic rings. The Morgan fingerprint density at radius 2 is 1.94 bits per heavy atom. The van der Waals surface area contributed by atoms with Crippen molar-refractivity contribution in [3.05, 3.63) is 59.9 Å². The first-order valence-electron chi connectivity index (χ1n) is 5.23. The van der Waals surface area contributed by atoms with Gasteiger partial charge in [0.2, 0.25) is 0 Å². The summed E-state index contributed by atoms with van der Waals surface area (Å²) in [4.78, 5) is 14.9. The number of nitrogens with one attached hydrogen (secondary N) is 1. The highest BCUT2D eigenvalue weighted by molar-refractivity contribution is 5.84. The monoisotopic (exact) mass is 228 g/mol. The van der Waals surface area contributed by atoms with E-state index in [-0.39, 0.29) is 0 Å². The summed E-state index contributed by atoms with van der Waals surface area (Å²) in [5.41, 5.74) is 2.42. The molecule has 0 bridgehead atoms. The summed E-state index contributed by atoms with van der Waals surface area (Å²) >= 11 is 0. The van der Waals surface area contributed by atoms with E-state index in [0.29, 0.717) is 12.1 Å². The fourth-order valence-electron chi connectivity index (χ4n) is 1.61. The number of carbonyl (C=O) groups is 1. The van der Waals surface area contributed by atoms with Crippen molar-refractivity contribution in [2.24, 2.45) is 0 Å². The third kappa shape index (κ3) is 3.04. The smallest absolute Gasteiger partial charge is 0.409 e. The molecule has 0 radical (unpaired) electrons. The Labute approximate surface area is 98.9 Å². The summed E-state index contributed by atoms with van der Waals surface area (Å²) in [7, 11) is 0. The van der Waals surface area contributed by atoms with Crippen LogP contribution >= 0.6 is 0 Å². The lowest BCUT2D eigenvalue weighted by Crippen LogP contribution is -2.09. The first-order valence-corrected chi connectivity index (χ1v) is 5.23. The number of para-hydroxylation sites is 1. The Morgan fingerprint density at radius 3 is 2.65 bits per heavy atom. The van der Waals surface area contributed by atoms with E-state index in [4.69, 9.17) is 5.11 Å². The van der Waals surface area contributed by atoms with Crippen LogP contribution in [0, 0.1) is 0 Å². The number of rotatable bonds is 3. The molecular formula is C13H12N2O2. The second kappa shape index (κ2) is 5.12. The standard InChI is InChI=1S/C13H12N2O2/c16-13(17)15-12-7-2-1-5-10(12)9-11-6-3-4-8-14-11/h1-8,15H,9H2,(H,16,17). The van der Waals surface area contributed by atoms with Crippen LogP contribution in [0.5, 0.6) is 0 Å². The Balaban J connectivity index is 2.23. The number of amides is 1. The zero-order valence-electron chi connectivity index (χ0n) is 9.13. The van der Waals surface area contributed by atoms with Gasteiger partial charge < -0.3 is 5.11 Å². The fraction of sp³-hybridized carbons (Fsp3) is 0.0769. The predicted octanol–water partition coefficient (Wildman–Crippen LogP) is 2.76. The SMILES string of the molecule is O=C(O)Nc1ccccc1Cc1ccccn1. The molecular weight excluding hydrogens is 216 g/mol. The van der Waals surface area contributed by atoms with Gasteiger partial charge in [-0.15, -0.1) is 0 Å². The van der Waals surface area contributed by atoms with Crippen molar-refractivity contribution in [1.82, 2.24) is 4.98 Å². The minimum atomic E-state index is -1.06. The summed E-state index contributed by atoms with van der Waals surface area (Å²) in [5, 5.41) is 11.1. The maximum absolute atomic E-state index is 10.6. The molecule has 0 fully saturated rings. The average Bonchev–Trinajstić information content (AvgIpc) is 2.32. The second-order valence-electron chi connectivity index (χ2n) is 3.59. The molecule has 0 aliphatic carbocycles. The number of carboxylic acid groups (broad SMARTS) is 1. The summed E-state index contributed by atoms with van der Waals surface area (Å²) in [5.74, 6) is 0. The van der Waals surface area contributed by atoms with Gasteiger partial charge in [-0.2, -0.15) is 0 Å². The van der Waals surface area contributed by atoms with Gasteiger partial charge in [-0.25, -0.2) is 4.79 Å². The number of hydrogen-bond donors (Lipinski definition) is 2. The average molecular weight is 228 g/mol. The van der Waals surface area contributed by atoms with Crippen LogP contribution in [-0.2, 0) is 6.42 Å². The molecule has 0 saturated heterocycles. The quantitative estimate of drug-likeness (QED) is 0.849. The van der Waals surface area contributed by atoms with Crippen molar-refractivity contribution < 1.29 is 9.90 Å². The summed E-state index contributed by atoms with van der Waals surface area (Å²) in [6, 6.07) is 13.0. The highest BCUT2D eigenvalue weighted by atomic mass is 16.4. The lowest BCUT2D eigenvalue weighted by molar-refractivity contribution is 0.209. The van der Waals surface area contributed by atoms with Crippen LogP contribution in [0.4, 0.5) is 10.5 Å². The molecule has 0 unspecified atom stereocenters. The molecule has 1 aromatic heterocycles. The molecule has 0 aliphatic heterocycles. The van der Waals surface area contributed by atoms with Gasteiger partial charge in [0.15, 0.2) is 0 Å². The van der Waals surface area contributed by atoms with Gasteiger partial charge in [0.1, 0.15) is 0 Å². The zero-order chi connectivity index (χ0) is 12.1. The third-order valence-corrected chi connectivity index (χ3v) is 2.36. The lowest BCUT2D eigenvalue weighted by Gasteiger charge is -2.08. The molecule has 2 N–H and O–H groups in total. The van der Waals surface area contributed by atoms with Crippen LogP contribution in [-0.4, -0.2) is 16.2 Å². The largest absolute Gasteiger partial charge is 0.465 e. The van der Waals surface area contributed by atoms with Gasteiger partial charge >= 0.3 is 6.09 Å². The fourth-order valence-corrected chi connectivity index (χ4v) is 1.61. The van der Waals surface area contributed by atoms with Crippen LogP contribution < -0.4 is 5.32 Å². The molecule has 0 spiro atoms. The lowest BCUT2D eigenvalue weighted by atomic mass is 10.1. The number of nitrogens with zero attached hydrogens (tertiary/aromatic N) is 1. The number of pyridine rings is 1. The van der Waals surface area contributed by atoms with Crippen molar-refractivity contribution in [2.45, 2.75) is 6.42 Å². The summed E-state index contributed by atoms with van der Waals surface area (Å²) < 4.78 is 0. The van der Waals surface area contributed by atoms with Crippen molar-refractivity contribution >= 4 is 11.8 Å². The number of aromatic nitrogens is 1. The molecule has 0 atom stereocenters. The normalized spacial score (nSPS) is 9.88. The third-order valence-electron chi connectivity index (χ3n) is 2.36. The molecule has 86 valence electrons. The molecule has 1 aromatic carbocycles.